The Morgan fingerprint density at radius 1 is 1.29 bits per heavy atom. The van der Waals surface area contributed by atoms with E-state index in [1.807, 2.05) is 20.8 Å². The van der Waals surface area contributed by atoms with Crippen LogP contribution in [0.5, 0.6) is 5.75 Å². The quantitative estimate of drug-likeness (QED) is 0.859. The molecule has 0 unspecified atom stereocenters. The normalized spacial score (nSPS) is 12.1. The largest absolute Gasteiger partial charge is 0.482 e. The zero-order chi connectivity index (χ0) is 16.4. The Balaban J connectivity index is 3.02. The summed E-state index contributed by atoms with van der Waals surface area (Å²) >= 11 is 0. The summed E-state index contributed by atoms with van der Waals surface area (Å²) in [6.07, 6.45) is 0. The van der Waals surface area contributed by atoms with Crippen LogP contribution in [0.3, 0.4) is 0 Å². The van der Waals surface area contributed by atoms with E-state index in [0.29, 0.717) is 5.56 Å². The molecule has 0 aliphatic rings. The summed E-state index contributed by atoms with van der Waals surface area (Å²) in [6, 6.07) is 3.19. The van der Waals surface area contributed by atoms with Gasteiger partial charge >= 0.3 is 0 Å². The number of rotatable bonds is 4. The summed E-state index contributed by atoms with van der Waals surface area (Å²) in [5.74, 6) is -0.222. The highest BCUT2D eigenvalue weighted by molar-refractivity contribution is 8.13. The second-order valence-corrected chi connectivity index (χ2v) is 8.47. The highest BCUT2D eigenvalue weighted by Crippen LogP contribution is 2.31. The molecule has 0 heterocycles. The minimum Gasteiger partial charge on any atom is -0.482 e. The Kier molecular flexibility index (Phi) is 5.28. The molecule has 1 N–H and O–H groups in total. The Morgan fingerprint density at radius 3 is 2.33 bits per heavy atom. The number of nitrogens with one attached hydrogen (secondary N) is 1. The van der Waals surface area contributed by atoms with Gasteiger partial charge in [-0.15, -0.1) is 0 Å². The van der Waals surface area contributed by atoms with Crippen LogP contribution in [0.15, 0.2) is 17.0 Å². The Bertz CT molecular complexity index is 648. The Morgan fingerprint density at radius 2 is 1.86 bits per heavy atom. The van der Waals surface area contributed by atoms with Crippen molar-refractivity contribution >= 4 is 25.6 Å². The second kappa shape index (κ2) is 6.23. The fourth-order valence-electron chi connectivity index (χ4n) is 1.87. The highest BCUT2D eigenvalue weighted by Gasteiger charge is 2.21. The molecule has 118 valence electrons. The van der Waals surface area contributed by atoms with Crippen LogP contribution in [0.4, 0.5) is 0 Å². The monoisotopic (exact) mass is 333 g/mol. The molecule has 1 aromatic carbocycles. The molecule has 0 radical (unpaired) electrons. The number of amides is 1. The summed E-state index contributed by atoms with van der Waals surface area (Å²) in [6.45, 7) is 8.72. The number of ether oxygens (including phenoxy) is 1. The van der Waals surface area contributed by atoms with Crippen LogP contribution < -0.4 is 10.1 Å². The molecule has 0 fully saturated rings. The molecule has 1 amide bonds. The van der Waals surface area contributed by atoms with Gasteiger partial charge in [0.15, 0.2) is 6.61 Å². The maximum Gasteiger partial charge on any atom is 0.265 e. The maximum absolute atomic E-state index is 11.8. The molecule has 0 aliphatic carbocycles. The lowest BCUT2D eigenvalue weighted by Crippen LogP contribution is -2.43. The number of aryl methyl sites for hydroxylation is 2. The summed E-state index contributed by atoms with van der Waals surface area (Å²) in [5.41, 5.74) is 0.973. The van der Waals surface area contributed by atoms with Gasteiger partial charge in [0, 0.05) is 16.2 Å². The number of carbonyl (C=O) groups is 1. The molecule has 1 rings (SSSR count). The van der Waals surface area contributed by atoms with Crippen LogP contribution in [0, 0.1) is 13.8 Å². The summed E-state index contributed by atoms with van der Waals surface area (Å²) in [4.78, 5) is 11.6. The predicted octanol–water partition coefficient (Wildman–Crippen LogP) is 2.52. The average molecular weight is 334 g/mol. The maximum atomic E-state index is 11.8. The molecule has 1 aromatic rings. The van der Waals surface area contributed by atoms with E-state index < -0.39 is 9.05 Å². The molecule has 0 aliphatic heterocycles. The predicted molar refractivity (Wildman–Crippen MR) is 82.3 cm³/mol. The van der Waals surface area contributed by atoms with E-state index in [-0.39, 0.29) is 28.7 Å². The Labute approximate surface area is 130 Å². The third-order valence-corrected chi connectivity index (χ3v) is 3.84. The second-order valence-electron chi connectivity index (χ2n) is 5.93. The molecule has 7 heteroatoms. The van der Waals surface area contributed by atoms with Crippen molar-refractivity contribution in [3.05, 3.63) is 23.3 Å². The van der Waals surface area contributed by atoms with Gasteiger partial charge in [-0.1, -0.05) is 6.07 Å². The topological polar surface area (TPSA) is 72.5 Å². The molecule has 21 heavy (non-hydrogen) atoms. The van der Waals surface area contributed by atoms with Crippen LogP contribution in [-0.2, 0) is 13.8 Å². The minimum atomic E-state index is -3.95. The first-order valence-corrected chi connectivity index (χ1v) is 8.71. The third kappa shape index (κ3) is 5.55. The van der Waals surface area contributed by atoms with E-state index >= 15 is 0 Å². The van der Waals surface area contributed by atoms with E-state index in [1.165, 1.54) is 6.07 Å². The van der Waals surface area contributed by atoms with Crippen molar-refractivity contribution in [1.82, 2.24) is 5.32 Å². The highest BCUT2D eigenvalue weighted by atomic mass is 35.7. The number of hydrogen-bond acceptors (Lipinski definition) is 4. The van der Waals surface area contributed by atoms with Gasteiger partial charge in [-0.2, -0.15) is 0 Å². The molecule has 0 bridgehead atoms. The minimum absolute atomic E-state index is 0.111. The van der Waals surface area contributed by atoms with Crippen LogP contribution in [0.1, 0.15) is 31.9 Å². The van der Waals surface area contributed by atoms with Gasteiger partial charge in [0.05, 0.1) is 0 Å². The van der Waals surface area contributed by atoms with E-state index in [2.05, 4.69) is 5.32 Å². The molecule has 0 saturated carbocycles. The molecule has 0 saturated heterocycles. The van der Waals surface area contributed by atoms with Gasteiger partial charge in [-0.05, 0) is 51.8 Å². The zero-order valence-corrected chi connectivity index (χ0v) is 14.4. The van der Waals surface area contributed by atoms with E-state index in [4.69, 9.17) is 15.4 Å². The van der Waals surface area contributed by atoms with Crippen LogP contribution in [0.25, 0.3) is 0 Å². The van der Waals surface area contributed by atoms with Crippen molar-refractivity contribution in [3.8, 4) is 5.75 Å². The molecule has 5 nitrogen and oxygen atoms in total. The van der Waals surface area contributed by atoms with E-state index in [9.17, 15) is 13.2 Å². The SMILES string of the molecule is Cc1cc(C)c(OCC(=O)NC(C)(C)C)c(S(=O)(=O)Cl)c1. The van der Waals surface area contributed by atoms with Crippen molar-refractivity contribution < 1.29 is 17.9 Å². The van der Waals surface area contributed by atoms with Gasteiger partial charge in [-0.25, -0.2) is 8.42 Å². The first-order valence-electron chi connectivity index (χ1n) is 6.40. The van der Waals surface area contributed by atoms with Crippen LogP contribution in [0.2, 0.25) is 0 Å². The molecular formula is C14H20ClNO4S. The summed E-state index contributed by atoms with van der Waals surface area (Å²) in [7, 11) is 1.48. The molecule has 0 atom stereocenters. The smallest absolute Gasteiger partial charge is 0.265 e. The number of hydrogen-bond donors (Lipinski definition) is 1. The molecule has 0 spiro atoms. The van der Waals surface area contributed by atoms with Gasteiger partial charge in [0.2, 0.25) is 0 Å². The molecule has 0 aromatic heterocycles. The first kappa shape index (κ1) is 17.8. The molecular weight excluding hydrogens is 314 g/mol. The van der Waals surface area contributed by atoms with Gasteiger partial charge < -0.3 is 10.1 Å². The van der Waals surface area contributed by atoms with E-state index in [0.717, 1.165) is 5.56 Å². The van der Waals surface area contributed by atoms with Crippen molar-refractivity contribution in [3.63, 3.8) is 0 Å². The first-order chi connectivity index (χ1) is 9.40. The van der Waals surface area contributed by atoms with E-state index in [1.54, 1.807) is 19.9 Å². The summed E-state index contributed by atoms with van der Waals surface area (Å²) in [5, 5.41) is 2.73. The average Bonchev–Trinajstić information content (AvgIpc) is 2.23. The zero-order valence-electron chi connectivity index (χ0n) is 12.8. The van der Waals surface area contributed by atoms with Crippen molar-refractivity contribution in [1.29, 1.82) is 0 Å². The lowest BCUT2D eigenvalue weighted by atomic mass is 10.1. The number of halogens is 1. The van der Waals surface area contributed by atoms with Crippen molar-refractivity contribution in [2.75, 3.05) is 6.61 Å². The van der Waals surface area contributed by atoms with Gasteiger partial charge in [0.25, 0.3) is 15.0 Å². The number of carbonyl (C=O) groups excluding carboxylic acids is 1. The summed E-state index contributed by atoms with van der Waals surface area (Å²) < 4.78 is 28.6. The lowest BCUT2D eigenvalue weighted by molar-refractivity contribution is -0.124. The van der Waals surface area contributed by atoms with Crippen LogP contribution in [-0.4, -0.2) is 26.5 Å². The fraction of sp³-hybridized carbons (Fsp3) is 0.500. The Hall–Kier alpha value is -1.27. The number of benzene rings is 1. The lowest BCUT2D eigenvalue weighted by Gasteiger charge is -2.21. The van der Waals surface area contributed by atoms with Crippen molar-refractivity contribution in [2.45, 2.75) is 45.1 Å². The third-order valence-electron chi connectivity index (χ3n) is 2.51. The van der Waals surface area contributed by atoms with Crippen LogP contribution >= 0.6 is 10.7 Å². The van der Waals surface area contributed by atoms with Gasteiger partial charge in [-0.3, -0.25) is 4.79 Å². The van der Waals surface area contributed by atoms with Crippen molar-refractivity contribution in [2.24, 2.45) is 0 Å². The standard InChI is InChI=1S/C14H20ClNO4S/c1-9-6-10(2)13(11(7-9)21(15,18)19)20-8-12(17)16-14(3,4)5/h6-7H,8H2,1-5H3,(H,16,17). The van der Waals surface area contributed by atoms with Gasteiger partial charge in [0.1, 0.15) is 10.6 Å². The fourth-order valence-corrected chi connectivity index (χ4v) is 2.99.